The second-order valence-electron chi connectivity index (χ2n) is 4.48. The van der Waals surface area contributed by atoms with E-state index in [0.29, 0.717) is 6.54 Å². The molecule has 0 unspecified atom stereocenters. The zero-order valence-electron chi connectivity index (χ0n) is 10.4. The van der Waals surface area contributed by atoms with E-state index in [1.165, 1.54) is 11.1 Å². The fraction of sp³-hybridized carbons (Fsp3) is 0.429. The molecule has 0 spiro atoms. The number of methoxy groups -OCH3 is 1. The highest BCUT2D eigenvalue weighted by molar-refractivity contribution is 5.54. The molecule has 0 fully saturated rings. The van der Waals surface area contributed by atoms with Crippen LogP contribution in [0.25, 0.3) is 6.08 Å². The van der Waals surface area contributed by atoms with Crippen LogP contribution in [-0.2, 0) is 11.2 Å². The molecule has 0 radical (unpaired) electrons. The minimum Gasteiger partial charge on any atom is -0.378 e. The Kier molecular flexibility index (Phi) is 4.71. The molecule has 0 atom stereocenters. The highest BCUT2D eigenvalue weighted by Gasteiger charge is 2.17. The Morgan fingerprint density at radius 3 is 2.62 bits per heavy atom. The third kappa shape index (κ3) is 3.80. The van der Waals surface area contributed by atoms with Gasteiger partial charge in [-0.05, 0) is 25.0 Å². The normalized spacial score (nSPS) is 12.2. The zero-order chi connectivity index (χ0) is 12.0. The highest BCUT2D eigenvalue weighted by Crippen LogP contribution is 2.20. The molecule has 2 nitrogen and oxygen atoms in total. The van der Waals surface area contributed by atoms with Crippen molar-refractivity contribution in [1.29, 1.82) is 0 Å². The minimum atomic E-state index is -0.132. The third-order valence-corrected chi connectivity index (χ3v) is 2.66. The topological polar surface area (TPSA) is 35.2 Å². The van der Waals surface area contributed by atoms with Gasteiger partial charge in [0.25, 0.3) is 0 Å². The fourth-order valence-corrected chi connectivity index (χ4v) is 1.58. The predicted molar refractivity (Wildman–Crippen MR) is 69.3 cm³/mol. The molecule has 2 heteroatoms. The lowest BCUT2D eigenvalue weighted by Gasteiger charge is -2.23. The average Bonchev–Trinajstić information content (AvgIpc) is 2.27. The Labute approximate surface area is 98.1 Å². The molecule has 0 aromatic heterocycles. The second kappa shape index (κ2) is 5.83. The molecule has 0 saturated heterocycles. The van der Waals surface area contributed by atoms with Gasteiger partial charge in [-0.2, -0.15) is 0 Å². The summed E-state index contributed by atoms with van der Waals surface area (Å²) in [5.74, 6) is 0. The molecule has 0 saturated carbocycles. The molecule has 1 rings (SSSR count). The van der Waals surface area contributed by atoms with Gasteiger partial charge in [-0.1, -0.05) is 36.4 Å². The SMILES string of the molecule is COC(C)(C)Cc1ccccc1/C=C/CN. The van der Waals surface area contributed by atoms with E-state index in [2.05, 4.69) is 38.1 Å². The van der Waals surface area contributed by atoms with Crippen molar-refractivity contribution in [3.05, 3.63) is 41.5 Å². The summed E-state index contributed by atoms with van der Waals surface area (Å²) < 4.78 is 5.45. The molecule has 2 N–H and O–H groups in total. The van der Waals surface area contributed by atoms with E-state index >= 15 is 0 Å². The lowest BCUT2D eigenvalue weighted by molar-refractivity contribution is 0.0232. The fourth-order valence-electron chi connectivity index (χ4n) is 1.58. The van der Waals surface area contributed by atoms with Crippen LogP contribution in [-0.4, -0.2) is 19.3 Å². The number of benzene rings is 1. The van der Waals surface area contributed by atoms with Gasteiger partial charge in [0.15, 0.2) is 0 Å². The Balaban J connectivity index is 2.91. The standard InChI is InChI=1S/C14H21NO/c1-14(2,16-3)11-13-8-5-4-7-12(13)9-6-10-15/h4-9H,10-11,15H2,1-3H3/b9-6+. The van der Waals surface area contributed by atoms with Gasteiger partial charge in [-0.25, -0.2) is 0 Å². The summed E-state index contributed by atoms with van der Waals surface area (Å²) in [6.07, 6.45) is 4.94. The van der Waals surface area contributed by atoms with Gasteiger partial charge in [0.1, 0.15) is 0 Å². The molecule has 0 amide bonds. The van der Waals surface area contributed by atoms with Gasteiger partial charge in [0, 0.05) is 20.1 Å². The molecule has 88 valence electrons. The molecule has 0 aliphatic carbocycles. The van der Waals surface area contributed by atoms with Crippen LogP contribution in [0.3, 0.4) is 0 Å². The first-order valence-electron chi connectivity index (χ1n) is 5.59. The zero-order valence-corrected chi connectivity index (χ0v) is 10.4. The minimum absolute atomic E-state index is 0.132. The van der Waals surface area contributed by atoms with Crippen LogP contribution in [0.5, 0.6) is 0 Å². The number of ether oxygens (including phenoxy) is 1. The third-order valence-electron chi connectivity index (χ3n) is 2.66. The maximum Gasteiger partial charge on any atom is 0.0663 e. The highest BCUT2D eigenvalue weighted by atomic mass is 16.5. The number of nitrogens with two attached hydrogens (primary N) is 1. The van der Waals surface area contributed by atoms with E-state index in [4.69, 9.17) is 10.5 Å². The van der Waals surface area contributed by atoms with E-state index < -0.39 is 0 Å². The first kappa shape index (κ1) is 12.9. The first-order chi connectivity index (χ1) is 7.59. The Bertz CT molecular complexity index is 356. The lowest BCUT2D eigenvalue weighted by atomic mass is 9.94. The van der Waals surface area contributed by atoms with E-state index in [9.17, 15) is 0 Å². The van der Waals surface area contributed by atoms with Gasteiger partial charge in [-0.3, -0.25) is 0 Å². The van der Waals surface area contributed by atoms with Crippen LogP contribution in [0.4, 0.5) is 0 Å². The van der Waals surface area contributed by atoms with Crippen LogP contribution >= 0.6 is 0 Å². The number of hydrogen-bond donors (Lipinski definition) is 1. The monoisotopic (exact) mass is 219 g/mol. The van der Waals surface area contributed by atoms with Crippen molar-refractivity contribution in [2.24, 2.45) is 5.73 Å². The van der Waals surface area contributed by atoms with E-state index in [1.807, 2.05) is 12.1 Å². The number of hydrogen-bond acceptors (Lipinski definition) is 2. The summed E-state index contributed by atoms with van der Waals surface area (Å²) in [6.45, 7) is 4.76. The van der Waals surface area contributed by atoms with Crippen molar-refractivity contribution in [3.63, 3.8) is 0 Å². The summed E-state index contributed by atoms with van der Waals surface area (Å²) in [4.78, 5) is 0. The lowest BCUT2D eigenvalue weighted by Crippen LogP contribution is -2.25. The molecule has 0 aliphatic rings. The Hall–Kier alpha value is -1.12. The number of rotatable bonds is 5. The van der Waals surface area contributed by atoms with Crippen molar-refractivity contribution in [2.45, 2.75) is 25.9 Å². The molecule has 0 bridgehead atoms. The molecule has 0 aliphatic heterocycles. The molecule has 0 heterocycles. The summed E-state index contributed by atoms with van der Waals surface area (Å²) in [5.41, 5.74) is 7.85. The van der Waals surface area contributed by atoms with Gasteiger partial charge in [0.2, 0.25) is 0 Å². The van der Waals surface area contributed by atoms with E-state index in [-0.39, 0.29) is 5.60 Å². The summed E-state index contributed by atoms with van der Waals surface area (Å²) >= 11 is 0. The van der Waals surface area contributed by atoms with Crippen LogP contribution in [0.2, 0.25) is 0 Å². The van der Waals surface area contributed by atoms with Crippen molar-refractivity contribution in [1.82, 2.24) is 0 Å². The van der Waals surface area contributed by atoms with E-state index in [0.717, 1.165) is 6.42 Å². The van der Waals surface area contributed by atoms with Crippen LogP contribution in [0.1, 0.15) is 25.0 Å². The van der Waals surface area contributed by atoms with Crippen molar-refractivity contribution < 1.29 is 4.74 Å². The maximum absolute atomic E-state index is 5.47. The molecule has 1 aromatic rings. The van der Waals surface area contributed by atoms with Crippen molar-refractivity contribution in [3.8, 4) is 0 Å². The molecule has 1 aromatic carbocycles. The van der Waals surface area contributed by atoms with Gasteiger partial charge in [-0.15, -0.1) is 0 Å². The summed E-state index contributed by atoms with van der Waals surface area (Å²) in [7, 11) is 1.75. The van der Waals surface area contributed by atoms with E-state index in [1.54, 1.807) is 7.11 Å². The largest absolute Gasteiger partial charge is 0.378 e. The predicted octanol–water partition coefficient (Wildman–Crippen LogP) is 2.63. The molecule has 16 heavy (non-hydrogen) atoms. The Morgan fingerprint density at radius 1 is 1.31 bits per heavy atom. The smallest absolute Gasteiger partial charge is 0.0663 e. The van der Waals surface area contributed by atoms with Crippen molar-refractivity contribution in [2.75, 3.05) is 13.7 Å². The maximum atomic E-state index is 5.47. The average molecular weight is 219 g/mol. The summed E-state index contributed by atoms with van der Waals surface area (Å²) in [5, 5.41) is 0. The van der Waals surface area contributed by atoms with Crippen LogP contribution < -0.4 is 5.73 Å². The van der Waals surface area contributed by atoms with Crippen molar-refractivity contribution >= 4 is 6.08 Å². The summed E-state index contributed by atoms with van der Waals surface area (Å²) in [6, 6.07) is 8.34. The van der Waals surface area contributed by atoms with Crippen LogP contribution in [0.15, 0.2) is 30.3 Å². The second-order valence-corrected chi connectivity index (χ2v) is 4.48. The van der Waals surface area contributed by atoms with Gasteiger partial charge < -0.3 is 10.5 Å². The quantitative estimate of drug-likeness (QED) is 0.826. The molecular weight excluding hydrogens is 198 g/mol. The molecular formula is C14H21NO. The van der Waals surface area contributed by atoms with Gasteiger partial charge >= 0.3 is 0 Å². The van der Waals surface area contributed by atoms with Gasteiger partial charge in [0.05, 0.1) is 5.60 Å². The van der Waals surface area contributed by atoms with Crippen LogP contribution in [0, 0.1) is 0 Å². The first-order valence-corrected chi connectivity index (χ1v) is 5.59. The Morgan fingerprint density at radius 2 is 2.00 bits per heavy atom.